The van der Waals surface area contributed by atoms with Crippen molar-refractivity contribution in [2.24, 2.45) is 0 Å². The highest BCUT2D eigenvalue weighted by atomic mass is 16.5. The average molecular weight is 367 g/mol. The first kappa shape index (κ1) is 18.2. The zero-order valence-electron chi connectivity index (χ0n) is 16.3. The maximum Gasteiger partial charge on any atom is 0.272 e. The van der Waals surface area contributed by atoms with Crippen molar-refractivity contribution in [3.8, 4) is 5.69 Å². The number of aryl methyl sites for hydroxylation is 1. The summed E-state index contributed by atoms with van der Waals surface area (Å²) in [6, 6.07) is 8.46. The number of nitrogens with one attached hydrogen (secondary N) is 1. The van der Waals surface area contributed by atoms with Crippen LogP contribution in [0.3, 0.4) is 0 Å². The summed E-state index contributed by atoms with van der Waals surface area (Å²) >= 11 is 0. The number of hydrogen-bond acceptors (Lipinski definition) is 3. The number of nitrogens with zero attached hydrogens (tertiary/aromatic N) is 2. The Morgan fingerprint density at radius 3 is 2.85 bits per heavy atom. The average Bonchev–Trinajstić information content (AvgIpc) is 3.38. The van der Waals surface area contributed by atoms with Crippen molar-refractivity contribution in [2.75, 3.05) is 6.61 Å². The van der Waals surface area contributed by atoms with E-state index in [0.717, 1.165) is 62.8 Å². The predicted octanol–water partition coefficient (Wildman–Crippen LogP) is 3.75. The van der Waals surface area contributed by atoms with Crippen LogP contribution in [-0.2, 0) is 17.6 Å². The molecule has 1 saturated heterocycles. The molecule has 27 heavy (non-hydrogen) atoms. The van der Waals surface area contributed by atoms with E-state index in [-0.39, 0.29) is 11.9 Å². The summed E-state index contributed by atoms with van der Waals surface area (Å²) in [5.74, 6) is -0.0427. The molecular weight excluding hydrogens is 338 g/mol. The van der Waals surface area contributed by atoms with Gasteiger partial charge in [0.05, 0.1) is 11.8 Å². The highest BCUT2D eigenvalue weighted by Crippen LogP contribution is 2.28. The third-order valence-corrected chi connectivity index (χ3v) is 5.75. The number of aromatic nitrogens is 2. The summed E-state index contributed by atoms with van der Waals surface area (Å²) < 4.78 is 7.65. The lowest BCUT2D eigenvalue weighted by atomic mass is 10.1. The number of amides is 1. The number of carbonyl (C=O) groups is 1. The maximum atomic E-state index is 12.9. The number of ether oxygens (including phenoxy) is 1. The van der Waals surface area contributed by atoms with Crippen molar-refractivity contribution in [3.05, 3.63) is 46.8 Å². The van der Waals surface area contributed by atoms with E-state index in [4.69, 9.17) is 9.84 Å². The summed E-state index contributed by atoms with van der Waals surface area (Å²) in [5, 5.41) is 7.86. The lowest BCUT2D eigenvalue weighted by Gasteiger charge is -2.16. The van der Waals surface area contributed by atoms with E-state index in [9.17, 15) is 4.79 Å². The van der Waals surface area contributed by atoms with Gasteiger partial charge in [-0.15, -0.1) is 0 Å². The van der Waals surface area contributed by atoms with Crippen LogP contribution in [-0.4, -0.2) is 34.4 Å². The quantitative estimate of drug-likeness (QED) is 0.846. The van der Waals surface area contributed by atoms with Gasteiger partial charge in [0.25, 0.3) is 5.91 Å². The van der Waals surface area contributed by atoms with Gasteiger partial charge in [0, 0.05) is 23.9 Å². The second-order valence-corrected chi connectivity index (χ2v) is 7.96. The third kappa shape index (κ3) is 3.93. The molecule has 2 atom stereocenters. The standard InChI is InChI=1S/C22H29N3O2/c1-15-8-11-17(12-9-15)25-20-7-3-6-19(20)21(24-25)22(26)23-16(2)10-13-18-5-4-14-27-18/h8-9,11-12,16,18H,3-7,10,13-14H2,1-2H3,(H,23,26). The van der Waals surface area contributed by atoms with Gasteiger partial charge >= 0.3 is 0 Å². The van der Waals surface area contributed by atoms with Crippen LogP contribution in [0.1, 0.15) is 66.3 Å². The molecule has 1 aromatic heterocycles. The summed E-state index contributed by atoms with van der Waals surface area (Å²) in [4.78, 5) is 12.9. The fourth-order valence-electron chi connectivity index (χ4n) is 4.19. The second kappa shape index (κ2) is 7.85. The smallest absolute Gasteiger partial charge is 0.272 e. The fraction of sp³-hybridized carbons (Fsp3) is 0.545. The molecule has 1 aliphatic heterocycles. The van der Waals surface area contributed by atoms with E-state index in [2.05, 4.69) is 43.4 Å². The number of carbonyl (C=O) groups excluding carboxylic acids is 1. The van der Waals surface area contributed by atoms with Gasteiger partial charge < -0.3 is 10.1 Å². The molecule has 1 fully saturated rings. The Kier molecular flexibility index (Phi) is 5.30. The molecular formula is C22H29N3O2. The Morgan fingerprint density at radius 1 is 1.30 bits per heavy atom. The van der Waals surface area contributed by atoms with Gasteiger partial charge in [0.15, 0.2) is 5.69 Å². The minimum atomic E-state index is -0.0427. The molecule has 2 unspecified atom stereocenters. The summed E-state index contributed by atoms with van der Waals surface area (Å²) in [7, 11) is 0. The number of benzene rings is 1. The molecule has 0 spiro atoms. The van der Waals surface area contributed by atoms with E-state index >= 15 is 0 Å². The van der Waals surface area contributed by atoms with Gasteiger partial charge in [-0.2, -0.15) is 5.10 Å². The maximum absolute atomic E-state index is 12.9. The van der Waals surface area contributed by atoms with Crippen LogP contribution in [0.15, 0.2) is 24.3 Å². The molecule has 1 aliphatic carbocycles. The van der Waals surface area contributed by atoms with Crippen molar-refractivity contribution in [2.45, 2.75) is 70.9 Å². The molecule has 0 bridgehead atoms. The first-order chi connectivity index (χ1) is 13.1. The molecule has 1 amide bonds. The Bertz CT molecular complexity index is 804. The van der Waals surface area contributed by atoms with E-state index in [1.807, 2.05) is 4.68 Å². The molecule has 5 nitrogen and oxygen atoms in total. The molecule has 1 aromatic carbocycles. The molecule has 2 aliphatic rings. The molecule has 1 N–H and O–H groups in total. The summed E-state index contributed by atoms with van der Waals surface area (Å²) in [5.41, 5.74) is 5.17. The lowest BCUT2D eigenvalue weighted by molar-refractivity contribution is 0.0894. The normalized spacial score (nSPS) is 19.9. The molecule has 144 valence electrons. The summed E-state index contributed by atoms with van der Waals surface area (Å²) in [6.07, 6.45) is 7.65. The largest absolute Gasteiger partial charge is 0.378 e. The van der Waals surface area contributed by atoms with Crippen LogP contribution in [0.25, 0.3) is 5.69 Å². The van der Waals surface area contributed by atoms with Crippen LogP contribution in [0.4, 0.5) is 0 Å². The fourth-order valence-corrected chi connectivity index (χ4v) is 4.19. The SMILES string of the molecule is Cc1ccc(-n2nc(C(=O)NC(C)CCC3CCCO3)c3c2CCC3)cc1. The van der Waals surface area contributed by atoms with Crippen molar-refractivity contribution in [1.29, 1.82) is 0 Å². The number of hydrogen-bond donors (Lipinski definition) is 1. The first-order valence-corrected chi connectivity index (χ1v) is 10.2. The zero-order chi connectivity index (χ0) is 18.8. The van der Waals surface area contributed by atoms with Crippen LogP contribution < -0.4 is 5.32 Å². The van der Waals surface area contributed by atoms with Gasteiger partial charge in [0.2, 0.25) is 0 Å². The van der Waals surface area contributed by atoms with Crippen molar-refractivity contribution in [3.63, 3.8) is 0 Å². The van der Waals surface area contributed by atoms with Crippen molar-refractivity contribution in [1.82, 2.24) is 15.1 Å². The molecule has 0 radical (unpaired) electrons. The highest BCUT2D eigenvalue weighted by molar-refractivity contribution is 5.94. The summed E-state index contributed by atoms with van der Waals surface area (Å²) in [6.45, 7) is 5.03. The molecule has 0 saturated carbocycles. The van der Waals surface area contributed by atoms with Gasteiger partial charge in [-0.05, 0) is 70.9 Å². The number of fused-ring (bicyclic) bond motifs is 1. The van der Waals surface area contributed by atoms with Crippen LogP contribution in [0, 0.1) is 6.92 Å². The van der Waals surface area contributed by atoms with Crippen LogP contribution in [0.2, 0.25) is 0 Å². The molecule has 4 rings (SSSR count). The Balaban J connectivity index is 1.47. The van der Waals surface area contributed by atoms with Crippen molar-refractivity contribution >= 4 is 5.91 Å². The minimum absolute atomic E-state index is 0.0427. The highest BCUT2D eigenvalue weighted by Gasteiger charge is 2.27. The van der Waals surface area contributed by atoms with E-state index in [1.54, 1.807) is 0 Å². The topological polar surface area (TPSA) is 56.2 Å². The van der Waals surface area contributed by atoms with Crippen molar-refractivity contribution < 1.29 is 9.53 Å². The molecule has 2 heterocycles. The van der Waals surface area contributed by atoms with E-state index in [1.165, 1.54) is 11.3 Å². The van der Waals surface area contributed by atoms with Gasteiger partial charge in [0.1, 0.15) is 0 Å². The third-order valence-electron chi connectivity index (χ3n) is 5.75. The molecule has 5 heteroatoms. The molecule has 2 aromatic rings. The van der Waals surface area contributed by atoms with E-state index in [0.29, 0.717) is 11.8 Å². The van der Waals surface area contributed by atoms with Gasteiger partial charge in [-0.1, -0.05) is 17.7 Å². The first-order valence-electron chi connectivity index (χ1n) is 10.2. The van der Waals surface area contributed by atoms with Gasteiger partial charge in [-0.25, -0.2) is 4.68 Å². The predicted molar refractivity (Wildman–Crippen MR) is 105 cm³/mol. The monoisotopic (exact) mass is 367 g/mol. The number of rotatable bonds is 6. The minimum Gasteiger partial charge on any atom is -0.378 e. The van der Waals surface area contributed by atoms with Crippen LogP contribution >= 0.6 is 0 Å². The zero-order valence-corrected chi connectivity index (χ0v) is 16.3. The van der Waals surface area contributed by atoms with Gasteiger partial charge in [-0.3, -0.25) is 4.79 Å². The Morgan fingerprint density at radius 2 is 2.11 bits per heavy atom. The Labute approximate surface area is 161 Å². The second-order valence-electron chi connectivity index (χ2n) is 7.96. The lowest BCUT2D eigenvalue weighted by Crippen LogP contribution is -2.34. The Hall–Kier alpha value is -2.14. The van der Waals surface area contributed by atoms with Crippen LogP contribution in [0.5, 0.6) is 0 Å². The van der Waals surface area contributed by atoms with E-state index < -0.39 is 0 Å².